The smallest absolute Gasteiger partial charge is 0.162 e. The molecule has 1 heterocycles. The van der Waals surface area contributed by atoms with Crippen LogP contribution in [-0.2, 0) is 22.8 Å². The van der Waals surface area contributed by atoms with Crippen molar-refractivity contribution in [1.82, 2.24) is 5.16 Å². The summed E-state index contributed by atoms with van der Waals surface area (Å²) in [5.41, 5.74) is 0.666. The Balaban J connectivity index is 2.51. The van der Waals surface area contributed by atoms with Gasteiger partial charge in [-0.2, -0.15) is 0 Å². The Morgan fingerprint density at radius 1 is 1.64 bits per heavy atom. The van der Waals surface area contributed by atoms with E-state index in [1.807, 2.05) is 0 Å². The van der Waals surface area contributed by atoms with E-state index in [0.29, 0.717) is 18.1 Å². The Labute approximate surface area is 64.0 Å². The van der Waals surface area contributed by atoms with E-state index in [2.05, 4.69) is 9.99 Å². The molecule has 0 aliphatic heterocycles. The van der Waals surface area contributed by atoms with Crippen molar-refractivity contribution in [1.29, 1.82) is 0 Å². The highest BCUT2D eigenvalue weighted by Crippen LogP contribution is 2.04. The summed E-state index contributed by atoms with van der Waals surface area (Å²) in [5.74, 6) is 5.50. The monoisotopic (exact) mass is 158 g/mol. The molecule has 62 valence electrons. The number of hydrogen-bond donors (Lipinski definition) is 1. The van der Waals surface area contributed by atoms with Crippen molar-refractivity contribution >= 4 is 0 Å². The summed E-state index contributed by atoms with van der Waals surface area (Å²) in [6.45, 7) is 0.671. The molecule has 0 radical (unpaired) electrons. The van der Waals surface area contributed by atoms with Crippen molar-refractivity contribution in [2.24, 2.45) is 5.90 Å². The quantitative estimate of drug-likeness (QED) is 0.634. The predicted octanol–water partition coefficient (Wildman–Crippen LogP) is 0.211. The van der Waals surface area contributed by atoms with Crippen molar-refractivity contribution in [2.75, 3.05) is 7.11 Å². The molecule has 0 atom stereocenters. The van der Waals surface area contributed by atoms with Crippen LogP contribution in [0.5, 0.6) is 0 Å². The summed E-state index contributed by atoms with van der Waals surface area (Å²) in [4.78, 5) is 4.36. The zero-order valence-corrected chi connectivity index (χ0v) is 6.24. The first-order chi connectivity index (χ1) is 5.36. The summed E-state index contributed by atoms with van der Waals surface area (Å²) in [6, 6.07) is 1.73. The third kappa shape index (κ3) is 2.30. The Morgan fingerprint density at radius 3 is 3.09 bits per heavy atom. The van der Waals surface area contributed by atoms with E-state index in [9.17, 15) is 0 Å². The Hall–Kier alpha value is -0.910. The second-order valence-corrected chi connectivity index (χ2v) is 2.03. The van der Waals surface area contributed by atoms with E-state index in [-0.39, 0.29) is 6.61 Å². The van der Waals surface area contributed by atoms with Gasteiger partial charge in [-0.15, -0.1) is 0 Å². The number of nitrogens with zero attached hydrogens (tertiary/aromatic N) is 1. The van der Waals surface area contributed by atoms with Gasteiger partial charge in [0.25, 0.3) is 0 Å². The topological polar surface area (TPSA) is 70.5 Å². The number of ether oxygens (including phenoxy) is 1. The van der Waals surface area contributed by atoms with Gasteiger partial charge in [0, 0.05) is 13.2 Å². The molecule has 1 rings (SSSR count). The number of methoxy groups -OCH3 is 1. The van der Waals surface area contributed by atoms with Crippen LogP contribution in [0.2, 0.25) is 0 Å². The van der Waals surface area contributed by atoms with E-state index in [4.69, 9.17) is 15.2 Å². The number of aromatic nitrogens is 1. The van der Waals surface area contributed by atoms with Crippen LogP contribution in [0.25, 0.3) is 0 Å². The SMILES string of the molecule is COCc1cc(CON)no1. The molecule has 0 unspecified atom stereocenters. The van der Waals surface area contributed by atoms with Gasteiger partial charge >= 0.3 is 0 Å². The lowest BCUT2D eigenvalue weighted by Crippen LogP contribution is -1.98. The van der Waals surface area contributed by atoms with E-state index in [1.165, 1.54) is 0 Å². The fourth-order valence-electron chi connectivity index (χ4n) is 0.719. The normalized spacial score (nSPS) is 10.4. The fraction of sp³-hybridized carbons (Fsp3) is 0.500. The first kappa shape index (κ1) is 8.19. The molecule has 11 heavy (non-hydrogen) atoms. The van der Waals surface area contributed by atoms with Crippen LogP contribution in [0.1, 0.15) is 11.5 Å². The Kier molecular flexibility index (Phi) is 3.03. The molecule has 0 amide bonds. The average molecular weight is 158 g/mol. The number of nitrogens with two attached hydrogens (primary N) is 1. The highest BCUT2D eigenvalue weighted by Gasteiger charge is 2.02. The van der Waals surface area contributed by atoms with Gasteiger partial charge in [0.15, 0.2) is 5.76 Å². The van der Waals surface area contributed by atoms with Gasteiger partial charge in [-0.1, -0.05) is 5.16 Å². The first-order valence-electron chi connectivity index (χ1n) is 3.12. The van der Waals surface area contributed by atoms with Gasteiger partial charge in [0.1, 0.15) is 18.9 Å². The molecule has 0 saturated heterocycles. The molecular weight excluding hydrogens is 148 g/mol. The van der Waals surface area contributed by atoms with Crippen molar-refractivity contribution in [2.45, 2.75) is 13.2 Å². The lowest BCUT2D eigenvalue weighted by molar-refractivity contribution is 0.118. The second-order valence-electron chi connectivity index (χ2n) is 2.03. The van der Waals surface area contributed by atoms with Gasteiger partial charge < -0.3 is 9.26 Å². The van der Waals surface area contributed by atoms with Gasteiger partial charge in [0.05, 0.1) is 0 Å². The molecule has 0 bridgehead atoms. The molecule has 1 aromatic heterocycles. The van der Waals surface area contributed by atoms with Crippen LogP contribution >= 0.6 is 0 Å². The molecular formula is C6H10N2O3. The van der Waals surface area contributed by atoms with E-state index >= 15 is 0 Å². The minimum absolute atomic E-state index is 0.257. The van der Waals surface area contributed by atoms with Gasteiger partial charge in [0.2, 0.25) is 0 Å². The third-order valence-corrected chi connectivity index (χ3v) is 1.13. The Morgan fingerprint density at radius 2 is 2.45 bits per heavy atom. The molecule has 0 aliphatic carbocycles. The number of hydrogen-bond acceptors (Lipinski definition) is 5. The molecule has 0 fully saturated rings. The molecule has 0 saturated carbocycles. The maximum absolute atomic E-state index is 4.85. The van der Waals surface area contributed by atoms with Crippen LogP contribution in [0, 0.1) is 0 Å². The standard InChI is InChI=1S/C6H10N2O3/c1-9-4-6-2-5(3-10-7)8-11-6/h2H,3-4,7H2,1H3. The zero-order valence-electron chi connectivity index (χ0n) is 6.24. The lowest BCUT2D eigenvalue weighted by Gasteiger charge is -1.88. The minimum Gasteiger partial charge on any atom is -0.377 e. The van der Waals surface area contributed by atoms with Crippen LogP contribution in [0.3, 0.4) is 0 Å². The summed E-state index contributed by atoms with van der Waals surface area (Å²) < 4.78 is 9.66. The number of rotatable bonds is 4. The predicted molar refractivity (Wildman–Crippen MR) is 36.2 cm³/mol. The van der Waals surface area contributed by atoms with E-state index in [0.717, 1.165) is 0 Å². The van der Waals surface area contributed by atoms with Crippen molar-refractivity contribution in [3.63, 3.8) is 0 Å². The van der Waals surface area contributed by atoms with Gasteiger partial charge in [-0.3, -0.25) is 4.84 Å². The van der Waals surface area contributed by atoms with Crippen LogP contribution < -0.4 is 5.90 Å². The molecule has 1 aromatic rings. The largest absolute Gasteiger partial charge is 0.377 e. The van der Waals surface area contributed by atoms with Gasteiger partial charge in [-0.25, -0.2) is 5.90 Å². The maximum Gasteiger partial charge on any atom is 0.162 e. The summed E-state index contributed by atoms with van der Waals surface area (Å²) in [5, 5.41) is 3.66. The molecule has 2 N–H and O–H groups in total. The Bertz CT molecular complexity index is 191. The highest BCUT2D eigenvalue weighted by molar-refractivity contribution is 5.02. The molecule has 0 aliphatic rings. The highest BCUT2D eigenvalue weighted by atomic mass is 16.6. The van der Waals surface area contributed by atoms with Crippen LogP contribution in [-0.4, -0.2) is 12.3 Å². The van der Waals surface area contributed by atoms with Crippen molar-refractivity contribution < 1.29 is 14.1 Å². The van der Waals surface area contributed by atoms with Crippen LogP contribution in [0.4, 0.5) is 0 Å². The van der Waals surface area contributed by atoms with Crippen molar-refractivity contribution in [3.05, 3.63) is 17.5 Å². The molecule has 5 nitrogen and oxygen atoms in total. The lowest BCUT2D eigenvalue weighted by atomic mass is 10.4. The maximum atomic E-state index is 4.85. The van der Waals surface area contributed by atoms with Gasteiger partial charge in [-0.05, 0) is 0 Å². The molecule has 0 aromatic carbocycles. The summed E-state index contributed by atoms with van der Waals surface area (Å²) >= 11 is 0. The fourth-order valence-corrected chi connectivity index (χ4v) is 0.719. The molecule has 5 heteroatoms. The third-order valence-electron chi connectivity index (χ3n) is 1.13. The second kappa shape index (κ2) is 4.07. The zero-order chi connectivity index (χ0) is 8.10. The minimum atomic E-state index is 0.257. The van der Waals surface area contributed by atoms with E-state index in [1.54, 1.807) is 13.2 Å². The van der Waals surface area contributed by atoms with E-state index < -0.39 is 0 Å². The summed E-state index contributed by atoms with van der Waals surface area (Å²) in [7, 11) is 1.58. The first-order valence-corrected chi connectivity index (χ1v) is 3.12. The average Bonchev–Trinajstić information content (AvgIpc) is 2.38. The van der Waals surface area contributed by atoms with Crippen molar-refractivity contribution in [3.8, 4) is 0 Å². The molecule has 0 spiro atoms. The van der Waals surface area contributed by atoms with Crippen LogP contribution in [0.15, 0.2) is 10.6 Å². The summed E-state index contributed by atoms with van der Waals surface area (Å²) in [6.07, 6.45) is 0.